The Hall–Kier alpha value is -0.800. The van der Waals surface area contributed by atoms with Gasteiger partial charge in [0.25, 0.3) is 0 Å². The number of hydrogen-bond acceptors (Lipinski definition) is 3. The van der Waals surface area contributed by atoms with Gasteiger partial charge >= 0.3 is 0 Å². The molecule has 0 aliphatic heterocycles. The Balaban J connectivity index is 2.02. The molecule has 0 saturated heterocycles. The molecule has 0 aromatic carbocycles. The van der Waals surface area contributed by atoms with Crippen molar-refractivity contribution in [3.8, 4) is 0 Å². The molecule has 1 aromatic heterocycles. The Bertz CT molecular complexity index is 245. The van der Waals surface area contributed by atoms with E-state index in [2.05, 4.69) is 17.6 Å². The predicted molar refractivity (Wildman–Crippen MR) is 58.3 cm³/mol. The summed E-state index contributed by atoms with van der Waals surface area (Å²) in [5, 5.41) is 6.71. The molecule has 14 heavy (non-hydrogen) atoms. The van der Waals surface area contributed by atoms with E-state index in [-0.39, 0.29) is 0 Å². The highest BCUT2D eigenvalue weighted by atomic mass is 16.3. The monoisotopic (exact) mass is 196 g/mol. The van der Waals surface area contributed by atoms with Crippen LogP contribution in [0.3, 0.4) is 0 Å². The molecule has 0 aliphatic rings. The highest BCUT2D eigenvalue weighted by Crippen LogP contribution is 2.07. The van der Waals surface area contributed by atoms with E-state index in [4.69, 9.17) is 4.42 Å². The van der Waals surface area contributed by atoms with Gasteiger partial charge in [0.1, 0.15) is 5.76 Å². The highest BCUT2D eigenvalue weighted by molar-refractivity contribution is 5.14. The van der Waals surface area contributed by atoms with E-state index in [0.29, 0.717) is 0 Å². The minimum Gasteiger partial charge on any atom is -0.469 e. The van der Waals surface area contributed by atoms with Gasteiger partial charge in [0.2, 0.25) is 0 Å². The maximum absolute atomic E-state index is 5.20. The third-order valence-corrected chi connectivity index (χ3v) is 2.19. The Labute approximate surface area is 85.9 Å². The van der Waals surface area contributed by atoms with Crippen LogP contribution in [0.1, 0.15) is 24.7 Å². The molecule has 1 aromatic rings. The molecule has 0 fully saturated rings. The van der Waals surface area contributed by atoms with E-state index in [0.717, 1.165) is 31.9 Å². The summed E-state index contributed by atoms with van der Waals surface area (Å²) in [6.45, 7) is 8.21. The lowest BCUT2D eigenvalue weighted by Gasteiger charge is -2.04. The fourth-order valence-electron chi connectivity index (χ4n) is 1.30. The molecular formula is C11H20N2O. The lowest BCUT2D eigenvalue weighted by Crippen LogP contribution is -2.27. The van der Waals surface area contributed by atoms with Crippen LogP contribution in [0.2, 0.25) is 0 Å². The molecular weight excluding hydrogens is 176 g/mol. The van der Waals surface area contributed by atoms with E-state index in [1.54, 1.807) is 6.26 Å². The summed E-state index contributed by atoms with van der Waals surface area (Å²) in [4.78, 5) is 0. The van der Waals surface area contributed by atoms with Crippen LogP contribution >= 0.6 is 0 Å². The summed E-state index contributed by atoms with van der Waals surface area (Å²) in [5.74, 6) is 1.01. The first kappa shape index (κ1) is 11.3. The fraction of sp³-hybridized carbons (Fsp3) is 0.636. The molecule has 3 nitrogen and oxygen atoms in total. The molecule has 0 bridgehead atoms. The Morgan fingerprint density at radius 3 is 2.64 bits per heavy atom. The summed E-state index contributed by atoms with van der Waals surface area (Å²) >= 11 is 0. The zero-order chi connectivity index (χ0) is 10.2. The maximum atomic E-state index is 5.20. The normalized spacial score (nSPS) is 10.7. The van der Waals surface area contributed by atoms with Crippen molar-refractivity contribution in [3.05, 3.63) is 23.7 Å². The molecule has 0 radical (unpaired) electrons. The van der Waals surface area contributed by atoms with E-state index in [9.17, 15) is 0 Å². The standard InChI is InChI=1S/C11H20N2O/c1-3-5-12-6-7-13-9-11-4-8-14-10(11)2/h4,8,12-13H,3,5-7,9H2,1-2H3. The topological polar surface area (TPSA) is 37.2 Å². The lowest BCUT2D eigenvalue weighted by atomic mass is 10.2. The van der Waals surface area contributed by atoms with Crippen molar-refractivity contribution in [2.75, 3.05) is 19.6 Å². The van der Waals surface area contributed by atoms with Gasteiger partial charge in [-0.05, 0) is 26.0 Å². The molecule has 0 unspecified atom stereocenters. The number of rotatable bonds is 7. The zero-order valence-electron chi connectivity index (χ0n) is 9.10. The van der Waals surface area contributed by atoms with Crippen LogP contribution in [-0.4, -0.2) is 19.6 Å². The second-order valence-electron chi connectivity index (χ2n) is 3.43. The molecule has 2 N–H and O–H groups in total. The Morgan fingerprint density at radius 2 is 2.00 bits per heavy atom. The molecule has 0 aliphatic carbocycles. The van der Waals surface area contributed by atoms with Gasteiger partial charge in [-0.15, -0.1) is 0 Å². The second kappa shape index (κ2) is 6.62. The molecule has 1 heterocycles. The SMILES string of the molecule is CCCNCCNCc1ccoc1C. The Morgan fingerprint density at radius 1 is 1.21 bits per heavy atom. The van der Waals surface area contributed by atoms with Crippen molar-refractivity contribution in [2.24, 2.45) is 0 Å². The van der Waals surface area contributed by atoms with Crippen molar-refractivity contribution in [2.45, 2.75) is 26.8 Å². The average Bonchev–Trinajstić information content (AvgIpc) is 2.58. The Kier molecular flexibility index (Phi) is 5.33. The van der Waals surface area contributed by atoms with Crippen molar-refractivity contribution < 1.29 is 4.42 Å². The molecule has 0 amide bonds. The first-order valence-corrected chi connectivity index (χ1v) is 5.29. The molecule has 80 valence electrons. The molecule has 3 heteroatoms. The third kappa shape index (κ3) is 3.94. The van der Waals surface area contributed by atoms with E-state index in [1.807, 2.05) is 13.0 Å². The van der Waals surface area contributed by atoms with Crippen molar-refractivity contribution in [1.29, 1.82) is 0 Å². The highest BCUT2D eigenvalue weighted by Gasteiger charge is 1.98. The van der Waals surface area contributed by atoms with Gasteiger partial charge in [-0.2, -0.15) is 0 Å². The summed E-state index contributed by atoms with van der Waals surface area (Å²) in [6.07, 6.45) is 2.93. The van der Waals surface area contributed by atoms with Gasteiger partial charge < -0.3 is 15.1 Å². The summed E-state index contributed by atoms with van der Waals surface area (Å²) in [5.41, 5.74) is 1.25. The minimum absolute atomic E-state index is 0.899. The molecule has 0 saturated carbocycles. The smallest absolute Gasteiger partial charge is 0.105 e. The van der Waals surface area contributed by atoms with Gasteiger partial charge in [-0.3, -0.25) is 0 Å². The summed E-state index contributed by atoms with van der Waals surface area (Å²) in [7, 11) is 0. The summed E-state index contributed by atoms with van der Waals surface area (Å²) < 4.78 is 5.20. The van der Waals surface area contributed by atoms with Crippen LogP contribution in [0.15, 0.2) is 16.7 Å². The molecule has 0 atom stereocenters. The first-order chi connectivity index (χ1) is 6.84. The largest absolute Gasteiger partial charge is 0.469 e. The van der Waals surface area contributed by atoms with Gasteiger partial charge in [-0.25, -0.2) is 0 Å². The molecule has 1 rings (SSSR count). The zero-order valence-corrected chi connectivity index (χ0v) is 9.10. The predicted octanol–water partition coefficient (Wildman–Crippen LogP) is 1.68. The van der Waals surface area contributed by atoms with Crippen molar-refractivity contribution in [3.63, 3.8) is 0 Å². The van der Waals surface area contributed by atoms with Gasteiger partial charge in [-0.1, -0.05) is 6.92 Å². The average molecular weight is 196 g/mol. The van der Waals surface area contributed by atoms with Crippen molar-refractivity contribution in [1.82, 2.24) is 10.6 Å². The minimum atomic E-state index is 0.899. The van der Waals surface area contributed by atoms with Gasteiger partial charge in [0.15, 0.2) is 0 Å². The maximum Gasteiger partial charge on any atom is 0.105 e. The van der Waals surface area contributed by atoms with E-state index in [1.165, 1.54) is 12.0 Å². The van der Waals surface area contributed by atoms with Crippen LogP contribution in [0.25, 0.3) is 0 Å². The number of nitrogens with one attached hydrogen (secondary N) is 2. The second-order valence-corrected chi connectivity index (χ2v) is 3.43. The van der Waals surface area contributed by atoms with E-state index < -0.39 is 0 Å². The first-order valence-electron chi connectivity index (χ1n) is 5.29. The fourth-order valence-corrected chi connectivity index (χ4v) is 1.30. The summed E-state index contributed by atoms with van der Waals surface area (Å²) in [6, 6.07) is 2.02. The van der Waals surface area contributed by atoms with Crippen LogP contribution in [0, 0.1) is 6.92 Å². The number of aryl methyl sites for hydroxylation is 1. The quantitative estimate of drug-likeness (QED) is 0.651. The van der Waals surface area contributed by atoms with Gasteiger partial charge in [0, 0.05) is 25.2 Å². The van der Waals surface area contributed by atoms with Crippen LogP contribution < -0.4 is 10.6 Å². The lowest BCUT2D eigenvalue weighted by molar-refractivity contribution is 0.525. The number of furan rings is 1. The number of hydrogen-bond donors (Lipinski definition) is 2. The van der Waals surface area contributed by atoms with Gasteiger partial charge in [0.05, 0.1) is 6.26 Å². The third-order valence-electron chi connectivity index (χ3n) is 2.19. The van der Waals surface area contributed by atoms with Crippen molar-refractivity contribution >= 4 is 0 Å². The van der Waals surface area contributed by atoms with Crippen LogP contribution in [0.5, 0.6) is 0 Å². The van der Waals surface area contributed by atoms with E-state index >= 15 is 0 Å². The molecule has 0 spiro atoms. The van der Waals surface area contributed by atoms with Crippen LogP contribution in [-0.2, 0) is 6.54 Å². The van der Waals surface area contributed by atoms with Crippen LogP contribution in [0.4, 0.5) is 0 Å².